The first-order valence-corrected chi connectivity index (χ1v) is 7.73. The number of carbonyl (C=O) groups excluding carboxylic acids is 3. The van der Waals surface area contributed by atoms with E-state index in [2.05, 4.69) is 10.1 Å². The molecule has 8 heteroatoms. The SMILES string of the molecule is CC(C)OC(=O)[C@H](CCC(=O)C=[N+]=[N-])NC(=O)[C@@H]1CCCOC1. The van der Waals surface area contributed by atoms with E-state index in [0.29, 0.717) is 19.6 Å². The summed E-state index contributed by atoms with van der Waals surface area (Å²) in [7, 11) is 0. The molecule has 1 fully saturated rings. The van der Waals surface area contributed by atoms with Gasteiger partial charge in [-0.1, -0.05) is 0 Å². The average molecular weight is 325 g/mol. The fourth-order valence-corrected chi connectivity index (χ4v) is 2.22. The Balaban J connectivity index is 2.65. The van der Waals surface area contributed by atoms with Crippen LogP contribution in [0, 0.1) is 5.92 Å². The lowest BCUT2D eigenvalue weighted by molar-refractivity contribution is -0.152. The molecular formula is C15H23N3O5. The number of ether oxygens (including phenoxy) is 2. The predicted molar refractivity (Wildman–Crippen MR) is 80.6 cm³/mol. The molecule has 1 aliphatic heterocycles. The Morgan fingerprint density at radius 1 is 1.43 bits per heavy atom. The van der Waals surface area contributed by atoms with E-state index < -0.39 is 17.8 Å². The molecule has 1 amide bonds. The minimum absolute atomic E-state index is 0.0383. The number of hydrogen-bond acceptors (Lipinski definition) is 5. The maximum atomic E-state index is 12.2. The van der Waals surface area contributed by atoms with Gasteiger partial charge in [0.25, 0.3) is 0 Å². The Kier molecular flexibility index (Phi) is 8.15. The maximum absolute atomic E-state index is 12.2. The van der Waals surface area contributed by atoms with Crippen LogP contribution < -0.4 is 5.32 Å². The van der Waals surface area contributed by atoms with Gasteiger partial charge in [-0.3, -0.25) is 9.59 Å². The van der Waals surface area contributed by atoms with E-state index >= 15 is 0 Å². The van der Waals surface area contributed by atoms with Gasteiger partial charge in [-0.05, 0) is 33.1 Å². The summed E-state index contributed by atoms with van der Waals surface area (Å²) in [6.07, 6.45) is 1.98. The molecule has 1 heterocycles. The lowest BCUT2D eigenvalue weighted by Crippen LogP contribution is -2.46. The fraction of sp³-hybridized carbons (Fsp3) is 0.733. The zero-order valence-corrected chi connectivity index (χ0v) is 13.5. The molecule has 0 spiro atoms. The molecule has 1 saturated heterocycles. The number of ketones is 1. The Bertz CT molecular complexity index is 480. The summed E-state index contributed by atoms with van der Waals surface area (Å²) in [4.78, 5) is 38.3. The summed E-state index contributed by atoms with van der Waals surface area (Å²) in [5, 5.41) is 2.64. The lowest BCUT2D eigenvalue weighted by Gasteiger charge is -2.24. The van der Waals surface area contributed by atoms with Crippen LogP contribution in [-0.2, 0) is 23.9 Å². The minimum atomic E-state index is -0.914. The van der Waals surface area contributed by atoms with Gasteiger partial charge < -0.3 is 20.3 Å². The Labute approximate surface area is 135 Å². The summed E-state index contributed by atoms with van der Waals surface area (Å²) < 4.78 is 10.4. The van der Waals surface area contributed by atoms with Gasteiger partial charge in [-0.2, -0.15) is 4.79 Å². The molecular weight excluding hydrogens is 302 g/mol. The van der Waals surface area contributed by atoms with Crippen molar-refractivity contribution < 1.29 is 28.6 Å². The molecule has 0 saturated carbocycles. The van der Waals surface area contributed by atoms with Gasteiger partial charge in [0.05, 0.1) is 18.6 Å². The van der Waals surface area contributed by atoms with Crippen molar-refractivity contribution in [2.75, 3.05) is 13.2 Å². The molecule has 1 aliphatic rings. The van der Waals surface area contributed by atoms with Gasteiger partial charge in [0.2, 0.25) is 11.7 Å². The van der Waals surface area contributed by atoms with Crippen LogP contribution in [0.25, 0.3) is 5.53 Å². The third-order valence-corrected chi connectivity index (χ3v) is 3.37. The van der Waals surface area contributed by atoms with Gasteiger partial charge in [0.15, 0.2) is 0 Å². The molecule has 0 unspecified atom stereocenters. The van der Waals surface area contributed by atoms with Crippen LogP contribution in [0.1, 0.15) is 39.5 Å². The number of esters is 1. The van der Waals surface area contributed by atoms with Gasteiger partial charge in [-0.25, -0.2) is 4.79 Å². The standard InChI is InChI=1S/C15H23N3O5/c1-10(2)23-15(21)13(6-5-12(19)8-17-16)18-14(20)11-4-3-7-22-9-11/h8,10-11,13H,3-7,9H2,1-2H3,(H,18,20)/t11-,13+/m1/s1. The highest BCUT2D eigenvalue weighted by atomic mass is 16.5. The summed E-state index contributed by atoms with van der Waals surface area (Å²) in [6, 6.07) is -0.914. The van der Waals surface area contributed by atoms with E-state index in [-0.39, 0.29) is 30.8 Å². The van der Waals surface area contributed by atoms with E-state index in [1.807, 2.05) is 0 Å². The third-order valence-electron chi connectivity index (χ3n) is 3.37. The Morgan fingerprint density at radius 2 is 2.17 bits per heavy atom. The highest BCUT2D eigenvalue weighted by Crippen LogP contribution is 2.14. The molecule has 8 nitrogen and oxygen atoms in total. The summed E-state index contributed by atoms with van der Waals surface area (Å²) in [5.41, 5.74) is 8.32. The molecule has 0 aromatic carbocycles. The van der Waals surface area contributed by atoms with E-state index in [1.165, 1.54) is 0 Å². The van der Waals surface area contributed by atoms with E-state index in [4.69, 9.17) is 15.0 Å². The predicted octanol–water partition coefficient (Wildman–Crippen LogP) is 0.499. The Hall–Kier alpha value is -2.05. The lowest BCUT2D eigenvalue weighted by atomic mass is 10.0. The second-order valence-corrected chi connectivity index (χ2v) is 5.71. The normalized spacial score (nSPS) is 18.7. The number of rotatable bonds is 8. The Morgan fingerprint density at radius 3 is 2.74 bits per heavy atom. The van der Waals surface area contributed by atoms with Crippen LogP contribution in [0.5, 0.6) is 0 Å². The highest BCUT2D eigenvalue weighted by Gasteiger charge is 2.28. The first kappa shape index (κ1) is 19.0. The molecule has 2 atom stereocenters. The number of Topliss-reactive ketones (excluding diaryl/α,β-unsaturated/α-hetero) is 1. The van der Waals surface area contributed by atoms with Gasteiger partial charge in [-0.15, -0.1) is 0 Å². The number of nitrogens with zero attached hydrogens (tertiary/aromatic N) is 2. The molecule has 0 aliphatic carbocycles. The van der Waals surface area contributed by atoms with E-state index in [0.717, 1.165) is 12.6 Å². The van der Waals surface area contributed by atoms with Gasteiger partial charge in [0, 0.05) is 13.0 Å². The summed E-state index contributed by atoms with van der Waals surface area (Å²) >= 11 is 0. The highest BCUT2D eigenvalue weighted by molar-refractivity contribution is 6.25. The van der Waals surface area contributed by atoms with E-state index in [9.17, 15) is 14.4 Å². The van der Waals surface area contributed by atoms with Crippen LogP contribution in [0.3, 0.4) is 0 Å². The zero-order valence-electron chi connectivity index (χ0n) is 13.5. The average Bonchev–Trinajstić information content (AvgIpc) is 2.51. The fourth-order valence-electron chi connectivity index (χ4n) is 2.22. The molecule has 128 valence electrons. The van der Waals surface area contributed by atoms with Crippen LogP contribution in [0.15, 0.2) is 0 Å². The first-order chi connectivity index (χ1) is 10.9. The molecule has 1 rings (SSSR count). The number of carbonyl (C=O) groups is 3. The molecule has 0 aromatic heterocycles. The minimum Gasteiger partial charge on any atom is -0.461 e. The summed E-state index contributed by atoms with van der Waals surface area (Å²) in [6.45, 7) is 4.37. The number of hydrogen-bond donors (Lipinski definition) is 1. The third kappa shape index (κ3) is 7.17. The molecule has 23 heavy (non-hydrogen) atoms. The second-order valence-electron chi connectivity index (χ2n) is 5.71. The smallest absolute Gasteiger partial charge is 0.328 e. The van der Waals surface area contributed by atoms with Crippen LogP contribution in [0.4, 0.5) is 0 Å². The second kappa shape index (κ2) is 9.86. The number of nitrogens with one attached hydrogen (secondary N) is 1. The topological polar surface area (TPSA) is 118 Å². The quantitative estimate of drug-likeness (QED) is 0.302. The first-order valence-electron chi connectivity index (χ1n) is 7.73. The zero-order chi connectivity index (χ0) is 17.2. The number of amides is 1. The van der Waals surface area contributed by atoms with Crippen molar-refractivity contribution in [3.63, 3.8) is 0 Å². The summed E-state index contributed by atoms with van der Waals surface area (Å²) in [5.74, 6) is -1.60. The maximum Gasteiger partial charge on any atom is 0.328 e. The van der Waals surface area contributed by atoms with Crippen LogP contribution >= 0.6 is 0 Å². The monoisotopic (exact) mass is 325 g/mol. The van der Waals surface area contributed by atoms with Crippen molar-refractivity contribution in [1.29, 1.82) is 0 Å². The van der Waals surface area contributed by atoms with Crippen molar-refractivity contribution in [2.24, 2.45) is 5.92 Å². The van der Waals surface area contributed by atoms with Crippen molar-refractivity contribution >= 4 is 23.9 Å². The van der Waals surface area contributed by atoms with Crippen molar-refractivity contribution in [1.82, 2.24) is 5.32 Å². The largest absolute Gasteiger partial charge is 0.461 e. The molecule has 0 bridgehead atoms. The van der Waals surface area contributed by atoms with Gasteiger partial charge >= 0.3 is 12.2 Å². The molecule has 0 radical (unpaired) electrons. The van der Waals surface area contributed by atoms with Crippen molar-refractivity contribution in [3.8, 4) is 0 Å². The van der Waals surface area contributed by atoms with Crippen LogP contribution in [0.2, 0.25) is 0 Å². The van der Waals surface area contributed by atoms with Crippen molar-refractivity contribution in [3.05, 3.63) is 5.53 Å². The molecule has 0 aromatic rings. The van der Waals surface area contributed by atoms with E-state index in [1.54, 1.807) is 13.8 Å². The van der Waals surface area contributed by atoms with Gasteiger partial charge in [0.1, 0.15) is 6.04 Å². The molecule has 1 N–H and O–H groups in total. The van der Waals surface area contributed by atoms with Crippen LogP contribution in [-0.4, -0.2) is 54.0 Å². The van der Waals surface area contributed by atoms with Crippen molar-refractivity contribution in [2.45, 2.75) is 51.7 Å².